The number of nitrogens with two attached hydrogens (primary N) is 1. The molecule has 2 aliphatic heterocycles. The Balaban J connectivity index is 1.51. The minimum Gasteiger partial charge on any atom is -0.496 e. The third kappa shape index (κ3) is 6.34. The molecule has 0 spiro atoms. The molecule has 1 aromatic carbocycles. The largest absolute Gasteiger partial charge is 0.496 e. The van der Waals surface area contributed by atoms with Gasteiger partial charge in [-0.3, -0.25) is 9.59 Å². The van der Waals surface area contributed by atoms with Crippen LogP contribution in [0.3, 0.4) is 0 Å². The second kappa shape index (κ2) is 12.1. The Morgan fingerprint density at radius 2 is 1.88 bits per heavy atom. The molecule has 0 saturated carbocycles. The van der Waals surface area contributed by atoms with Gasteiger partial charge in [-0.1, -0.05) is 11.6 Å². The van der Waals surface area contributed by atoms with Crippen molar-refractivity contribution in [2.24, 2.45) is 0 Å². The number of carbonyl (C=O) groups is 2. The van der Waals surface area contributed by atoms with E-state index in [1.165, 1.54) is 19.6 Å². The number of rotatable bonds is 8. The number of carbonyl (C=O) groups excluding carboxylic acids is 2. The van der Waals surface area contributed by atoms with Crippen molar-refractivity contribution in [2.75, 3.05) is 39.6 Å². The highest BCUT2D eigenvalue weighted by molar-refractivity contribution is 6.33. The molecule has 4 atom stereocenters. The van der Waals surface area contributed by atoms with Gasteiger partial charge in [-0.05, 0) is 58.6 Å². The third-order valence-electron chi connectivity index (χ3n) is 7.17. The van der Waals surface area contributed by atoms with Crippen LogP contribution in [-0.2, 0) is 9.53 Å². The number of halogens is 1. The molecule has 2 amide bonds. The van der Waals surface area contributed by atoms with E-state index < -0.39 is 0 Å². The Bertz CT molecular complexity index is 858. The summed E-state index contributed by atoms with van der Waals surface area (Å²) in [7, 11) is 3.16. The second-order valence-electron chi connectivity index (χ2n) is 9.55. The molecule has 2 saturated heterocycles. The number of likely N-dealkylation sites (tertiary alicyclic amines) is 2. The average molecular weight is 495 g/mol. The van der Waals surface area contributed by atoms with Crippen LogP contribution in [0.1, 0.15) is 62.7 Å². The first-order chi connectivity index (χ1) is 16.2. The van der Waals surface area contributed by atoms with Gasteiger partial charge in [-0.25, -0.2) is 0 Å². The van der Waals surface area contributed by atoms with Gasteiger partial charge in [0.1, 0.15) is 5.75 Å². The molecule has 2 fully saturated rings. The SMILES string of the molecule is COc1cc(N)c(Cl)cc1C(=O)N[C@@H]1CCN(CCCC(=O)N2C(C)CCCC2C)C[C@@H]1OC. The van der Waals surface area contributed by atoms with Gasteiger partial charge in [0.25, 0.3) is 5.91 Å². The number of nitrogens with zero attached hydrogens (tertiary/aromatic N) is 2. The van der Waals surface area contributed by atoms with E-state index in [0.29, 0.717) is 47.1 Å². The quantitative estimate of drug-likeness (QED) is 0.538. The van der Waals surface area contributed by atoms with Gasteiger partial charge in [-0.15, -0.1) is 0 Å². The van der Waals surface area contributed by atoms with Crippen molar-refractivity contribution < 1.29 is 19.1 Å². The van der Waals surface area contributed by atoms with Crippen LogP contribution in [0.25, 0.3) is 0 Å². The van der Waals surface area contributed by atoms with Crippen molar-refractivity contribution >= 4 is 29.1 Å². The highest BCUT2D eigenvalue weighted by Crippen LogP contribution is 2.29. The summed E-state index contributed by atoms with van der Waals surface area (Å²) in [5.74, 6) is 0.378. The lowest BCUT2D eigenvalue weighted by Gasteiger charge is -2.40. The minimum absolute atomic E-state index is 0.133. The first kappa shape index (κ1) is 26.6. The Labute approximate surface area is 208 Å². The van der Waals surface area contributed by atoms with E-state index >= 15 is 0 Å². The number of anilines is 1. The fourth-order valence-electron chi connectivity index (χ4n) is 5.25. The molecule has 0 aromatic heterocycles. The summed E-state index contributed by atoms with van der Waals surface area (Å²) in [6, 6.07) is 3.63. The van der Waals surface area contributed by atoms with E-state index in [2.05, 4.69) is 29.0 Å². The summed E-state index contributed by atoms with van der Waals surface area (Å²) < 4.78 is 11.0. The lowest BCUT2D eigenvalue weighted by Crippen LogP contribution is -2.55. The fourth-order valence-corrected chi connectivity index (χ4v) is 5.41. The molecule has 2 unspecified atom stereocenters. The van der Waals surface area contributed by atoms with E-state index in [0.717, 1.165) is 38.8 Å². The predicted molar refractivity (Wildman–Crippen MR) is 134 cm³/mol. The highest BCUT2D eigenvalue weighted by Gasteiger charge is 2.32. The molecule has 2 aliphatic rings. The lowest BCUT2D eigenvalue weighted by atomic mass is 9.96. The van der Waals surface area contributed by atoms with Crippen LogP contribution in [0.2, 0.25) is 5.02 Å². The Kier molecular flexibility index (Phi) is 9.45. The topological polar surface area (TPSA) is 97.1 Å². The highest BCUT2D eigenvalue weighted by atomic mass is 35.5. The molecular formula is C25H39ClN4O4. The summed E-state index contributed by atoms with van der Waals surface area (Å²) in [6.07, 6.45) is 5.39. The smallest absolute Gasteiger partial charge is 0.255 e. The summed E-state index contributed by atoms with van der Waals surface area (Å²) in [5, 5.41) is 3.39. The zero-order chi connectivity index (χ0) is 24.8. The third-order valence-corrected chi connectivity index (χ3v) is 7.50. The van der Waals surface area contributed by atoms with Crippen LogP contribution in [0, 0.1) is 0 Å². The molecule has 190 valence electrons. The van der Waals surface area contributed by atoms with Crippen LogP contribution >= 0.6 is 11.6 Å². The van der Waals surface area contributed by atoms with Gasteiger partial charge < -0.3 is 30.3 Å². The maximum atomic E-state index is 12.9. The van der Waals surface area contributed by atoms with Crippen molar-refractivity contribution in [1.29, 1.82) is 0 Å². The lowest BCUT2D eigenvalue weighted by molar-refractivity contribution is -0.137. The number of piperidine rings is 2. The van der Waals surface area contributed by atoms with Crippen molar-refractivity contribution in [3.63, 3.8) is 0 Å². The van der Waals surface area contributed by atoms with Gasteiger partial charge in [0.15, 0.2) is 0 Å². The van der Waals surface area contributed by atoms with Gasteiger partial charge in [0.2, 0.25) is 5.91 Å². The molecule has 2 heterocycles. The van der Waals surface area contributed by atoms with Crippen molar-refractivity contribution in [2.45, 2.75) is 76.6 Å². The Hall–Kier alpha value is -2.03. The molecule has 3 N–H and O–H groups in total. The van der Waals surface area contributed by atoms with E-state index in [9.17, 15) is 9.59 Å². The van der Waals surface area contributed by atoms with E-state index in [-0.39, 0.29) is 24.0 Å². The summed E-state index contributed by atoms with van der Waals surface area (Å²) in [6.45, 7) is 6.68. The summed E-state index contributed by atoms with van der Waals surface area (Å²) >= 11 is 6.12. The molecule has 9 heteroatoms. The van der Waals surface area contributed by atoms with Gasteiger partial charge >= 0.3 is 0 Å². The molecule has 0 aliphatic carbocycles. The average Bonchev–Trinajstić information content (AvgIpc) is 2.81. The molecule has 0 radical (unpaired) electrons. The number of benzene rings is 1. The maximum absolute atomic E-state index is 12.9. The first-order valence-electron chi connectivity index (χ1n) is 12.2. The van der Waals surface area contributed by atoms with Crippen LogP contribution < -0.4 is 15.8 Å². The van der Waals surface area contributed by atoms with Crippen LogP contribution in [0.15, 0.2) is 12.1 Å². The normalized spacial score (nSPS) is 25.7. The molecule has 3 rings (SSSR count). The van der Waals surface area contributed by atoms with Crippen LogP contribution in [0.5, 0.6) is 5.75 Å². The number of amides is 2. The number of nitrogens with one attached hydrogen (secondary N) is 1. The number of ether oxygens (including phenoxy) is 2. The molecule has 8 nitrogen and oxygen atoms in total. The monoisotopic (exact) mass is 494 g/mol. The predicted octanol–water partition coefficient (Wildman–Crippen LogP) is 3.32. The molecular weight excluding hydrogens is 456 g/mol. The van der Waals surface area contributed by atoms with Gasteiger partial charge in [-0.2, -0.15) is 0 Å². The van der Waals surface area contributed by atoms with Crippen LogP contribution in [-0.4, -0.2) is 79.7 Å². The first-order valence-corrected chi connectivity index (χ1v) is 12.6. The van der Waals surface area contributed by atoms with Crippen LogP contribution in [0.4, 0.5) is 5.69 Å². The number of hydrogen-bond donors (Lipinski definition) is 2. The summed E-state index contributed by atoms with van der Waals surface area (Å²) in [4.78, 5) is 30.1. The van der Waals surface area contributed by atoms with Crippen molar-refractivity contribution in [3.05, 3.63) is 22.7 Å². The second-order valence-corrected chi connectivity index (χ2v) is 9.96. The molecule has 0 bridgehead atoms. The Morgan fingerprint density at radius 3 is 2.53 bits per heavy atom. The zero-order valence-electron chi connectivity index (χ0n) is 20.8. The standard InChI is InChI=1S/C25H39ClN4O4/c1-16-7-5-8-17(2)30(16)24(31)9-6-11-29-12-10-21(23(15-29)34-4)28-25(32)18-13-19(26)20(27)14-22(18)33-3/h13-14,16-17,21,23H,5-12,15,27H2,1-4H3,(H,28,32)/t16?,17?,21-,23+/m1/s1. The van der Waals surface area contributed by atoms with E-state index in [1.807, 2.05) is 0 Å². The summed E-state index contributed by atoms with van der Waals surface area (Å²) in [5.41, 5.74) is 6.54. The van der Waals surface area contributed by atoms with Gasteiger partial charge in [0, 0.05) is 44.8 Å². The molecule has 34 heavy (non-hydrogen) atoms. The van der Waals surface area contributed by atoms with Crippen molar-refractivity contribution in [3.8, 4) is 5.75 Å². The molecule has 1 aromatic rings. The maximum Gasteiger partial charge on any atom is 0.255 e. The number of methoxy groups -OCH3 is 2. The zero-order valence-corrected chi connectivity index (χ0v) is 21.6. The number of nitrogen functional groups attached to an aromatic ring is 1. The minimum atomic E-state index is -0.269. The van der Waals surface area contributed by atoms with E-state index in [1.54, 1.807) is 13.2 Å². The van der Waals surface area contributed by atoms with Gasteiger partial charge in [0.05, 0.1) is 35.5 Å². The van der Waals surface area contributed by atoms with E-state index in [4.69, 9.17) is 26.8 Å². The van der Waals surface area contributed by atoms with Crippen molar-refractivity contribution in [1.82, 2.24) is 15.1 Å². The number of hydrogen-bond acceptors (Lipinski definition) is 6. The Morgan fingerprint density at radius 1 is 1.18 bits per heavy atom. The fraction of sp³-hybridized carbons (Fsp3) is 0.680.